The van der Waals surface area contributed by atoms with Gasteiger partial charge in [-0.25, -0.2) is 0 Å². The first kappa shape index (κ1) is 35.4. The smallest absolute Gasteiger partial charge is 0.484 e. The normalized spacial score (nSPS) is 29.4. The molecule has 4 aliphatic rings. The molecule has 17 heteroatoms. The number of nitrogens with one attached hydrogen (secondary N) is 2. The second-order valence-corrected chi connectivity index (χ2v) is 12.8. The van der Waals surface area contributed by atoms with Crippen LogP contribution in [0.5, 0.6) is 11.5 Å². The number of piperazine rings is 1. The number of nitrogens with zero attached hydrogens (tertiary/aromatic N) is 3. The molecule has 2 aromatic carbocycles. The Morgan fingerprint density at radius 3 is 2.36 bits per heavy atom. The van der Waals surface area contributed by atoms with Gasteiger partial charge in [-0.05, 0) is 36.2 Å². The molecule has 7 atom stereocenters. The third kappa shape index (κ3) is 8.29. The average molecular weight is 706 g/mol. The molecule has 4 heterocycles. The number of ether oxygens (including phenoxy) is 3. The first-order valence-electron chi connectivity index (χ1n) is 16.3. The SMILES string of the molecule is O=C1C[C@@H]2O[C@H](CNC(=O)[C@@H]3CN(CCN3C(=O)COc3ccccc3)C(=O)[C@@H]3C[C@@H](CN3Cc3ccc(OC(F)(F)F)cc3)N1)[C@@H](O)[C@H]2O. The van der Waals surface area contributed by atoms with E-state index in [4.69, 9.17) is 9.47 Å². The molecule has 4 N–H and O–H groups in total. The van der Waals surface area contributed by atoms with Gasteiger partial charge in [-0.3, -0.25) is 24.1 Å². The Bertz CT molecular complexity index is 1550. The van der Waals surface area contributed by atoms with Crippen molar-refractivity contribution in [1.82, 2.24) is 25.3 Å². The van der Waals surface area contributed by atoms with Crippen LogP contribution in [0.4, 0.5) is 13.2 Å². The topological polar surface area (TPSA) is 170 Å². The van der Waals surface area contributed by atoms with Gasteiger partial charge in [0, 0.05) is 38.8 Å². The van der Waals surface area contributed by atoms with E-state index >= 15 is 0 Å². The number of hydrogen-bond acceptors (Lipinski definition) is 10. The Hall–Kier alpha value is -4.45. The van der Waals surface area contributed by atoms with Gasteiger partial charge in [0.25, 0.3) is 5.91 Å². The second kappa shape index (κ2) is 14.8. The third-order valence-corrected chi connectivity index (χ3v) is 9.34. The highest BCUT2D eigenvalue weighted by atomic mass is 19.4. The summed E-state index contributed by atoms with van der Waals surface area (Å²) in [5.41, 5.74) is 0.587. The molecule has 0 radical (unpaired) electrons. The summed E-state index contributed by atoms with van der Waals surface area (Å²) in [6, 6.07) is 11.5. The number of aliphatic hydroxyl groups excluding tert-OH is 2. The minimum absolute atomic E-state index is 0.0116. The number of likely N-dealkylation sites (tertiary alicyclic amines) is 1. The maximum atomic E-state index is 14.2. The first-order chi connectivity index (χ1) is 23.8. The molecule has 4 aliphatic heterocycles. The molecule has 0 spiro atoms. The van der Waals surface area contributed by atoms with Crippen LogP contribution in [-0.2, 0) is 30.5 Å². The van der Waals surface area contributed by atoms with Crippen molar-refractivity contribution in [3.05, 3.63) is 60.2 Å². The van der Waals surface area contributed by atoms with Gasteiger partial charge in [-0.2, -0.15) is 0 Å². The molecule has 0 saturated carbocycles. The van der Waals surface area contributed by atoms with Crippen molar-refractivity contribution in [3.63, 3.8) is 0 Å². The van der Waals surface area contributed by atoms with Crippen LogP contribution in [0.2, 0.25) is 0 Å². The van der Waals surface area contributed by atoms with E-state index in [0.717, 1.165) is 0 Å². The van der Waals surface area contributed by atoms with E-state index in [0.29, 0.717) is 11.3 Å². The van der Waals surface area contributed by atoms with Crippen molar-refractivity contribution in [2.45, 2.75) is 68.3 Å². The van der Waals surface area contributed by atoms with Crippen molar-refractivity contribution in [3.8, 4) is 11.5 Å². The molecule has 50 heavy (non-hydrogen) atoms. The molecule has 6 rings (SSSR count). The molecular weight excluding hydrogens is 667 g/mol. The molecule has 14 nitrogen and oxygen atoms in total. The summed E-state index contributed by atoms with van der Waals surface area (Å²) in [6.45, 7) is -0.279. The lowest BCUT2D eigenvalue weighted by Crippen LogP contribution is -2.64. The van der Waals surface area contributed by atoms with Gasteiger partial charge < -0.3 is 44.9 Å². The van der Waals surface area contributed by atoms with Crippen molar-refractivity contribution < 1.29 is 56.8 Å². The highest BCUT2D eigenvalue weighted by Crippen LogP contribution is 2.28. The van der Waals surface area contributed by atoms with E-state index in [-0.39, 0.29) is 64.6 Å². The van der Waals surface area contributed by atoms with E-state index in [1.807, 2.05) is 0 Å². The summed E-state index contributed by atoms with van der Waals surface area (Å²) in [5.74, 6) is -1.85. The minimum atomic E-state index is -4.85. The van der Waals surface area contributed by atoms with Gasteiger partial charge in [0.1, 0.15) is 35.9 Å². The summed E-state index contributed by atoms with van der Waals surface area (Å²) in [5, 5.41) is 26.8. The van der Waals surface area contributed by atoms with Crippen LogP contribution in [-0.4, -0.2) is 137 Å². The lowest BCUT2D eigenvalue weighted by Gasteiger charge is -2.42. The lowest BCUT2D eigenvalue weighted by molar-refractivity contribution is -0.274. The van der Waals surface area contributed by atoms with Crippen LogP contribution in [0, 0.1) is 0 Å². The maximum absolute atomic E-state index is 14.2. The molecular formula is C33H38F3N5O9. The Morgan fingerprint density at radius 1 is 0.920 bits per heavy atom. The Labute approximate surface area is 285 Å². The minimum Gasteiger partial charge on any atom is -0.484 e. The highest BCUT2D eigenvalue weighted by molar-refractivity contribution is 5.90. The number of hydrogen-bond donors (Lipinski definition) is 4. The van der Waals surface area contributed by atoms with E-state index in [2.05, 4.69) is 15.4 Å². The quantitative estimate of drug-likeness (QED) is 0.315. The Kier molecular flexibility index (Phi) is 10.5. The number of aliphatic hydroxyl groups is 2. The first-order valence-corrected chi connectivity index (χ1v) is 16.3. The number of fused-ring (bicyclic) bond motifs is 6. The van der Waals surface area contributed by atoms with Gasteiger partial charge in [0.05, 0.1) is 25.1 Å². The lowest BCUT2D eigenvalue weighted by atomic mass is 10.0. The monoisotopic (exact) mass is 705 g/mol. The third-order valence-electron chi connectivity index (χ3n) is 9.34. The predicted molar refractivity (Wildman–Crippen MR) is 166 cm³/mol. The van der Waals surface area contributed by atoms with Gasteiger partial charge in [0.2, 0.25) is 17.7 Å². The van der Waals surface area contributed by atoms with E-state index in [1.54, 1.807) is 35.2 Å². The molecule has 4 saturated heterocycles. The van der Waals surface area contributed by atoms with Crippen LogP contribution in [0.3, 0.4) is 0 Å². The summed E-state index contributed by atoms with van der Waals surface area (Å²) in [4.78, 5) is 58.9. The molecule has 4 fully saturated rings. The number of halogens is 3. The molecule has 2 aromatic rings. The zero-order valence-corrected chi connectivity index (χ0v) is 26.8. The van der Waals surface area contributed by atoms with Crippen LogP contribution >= 0.6 is 0 Å². The van der Waals surface area contributed by atoms with Gasteiger partial charge in [0.15, 0.2) is 6.61 Å². The fraction of sp³-hybridized carbons (Fsp3) is 0.515. The van der Waals surface area contributed by atoms with Crippen LogP contribution in [0.15, 0.2) is 54.6 Å². The van der Waals surface area contributed by atoms with Crippen molar-refractivity contribution in [2.75, 3.05) is 39.3 Å². The summed E-state index contributed by atoms with van der Waals surface area (Å²) in [6.07, 6.45) is -9.87. The average Bonchev–Trinajstić information content (AvgIpc) is 3.60. The van der Waals surface area contributed by atoms with Crippen LogP contribution < -0.4 is 20.1 Å². The van der Waals surface area contributed by atoms with Gasteiger partial charge in [-0.15, -0.1) is 13.2 Å². The van der Waals surface area contributed by atoms with Crippen molar-refractivity contribution in [1.29, 1.82) is 0 Å². The number of alkyl halides is 3. The standard InChI is InChI=1S/C33H38F3N5O9/c34-33(35,36)50-22-8-6-19(7-9-22)15-40-16-20-12-23(40)32(47)39-10-11-41(28(43)18-48-21-4-2-1-3-5-21)24(17-39)31(46)37-14-26-30(45)29(44)25(49-26)13-27(42)38-20/h1-9,20,23-26,29-30,44-45H,10-18H2,(H,37,46)(H,38,42)/t20-,23-,24-,25-,26+,29-,30+/m0/s1. The number of para-hydroxylation sites is 1. The van der Waals surface area contributed by atoms with Crippen LogP contribution in [0.25, 0.3) is 0 Å². The highest BCUT2D eigenvalue weighted by Gasteiger charge is 2.47. The Balaban J connectivity index is 1.24. The number of rotatable bonds is 6. The molecule has 0 unspecified atom stereocenters. The van der Waals surface area contributed by atoms with E-state index < -0.39 is 72.4 Å². The number of benzene rings is 2. The fourth-order valence-corrected chi connectivity index (χ4v) is 6.88. The Morgan fingerprint density at radius 2 is 1.64 bits per heavy atom. The van der Waals surface area contributed by atoms with Gasteiger partial charge >= 0.3 is 6.36 Å². The van der Waals surface area contributed by atoms with E-state index in [1.165, 1.54) is 34.1 Å². The largest absolute Gasteiger partial charge is 0.573 e. The zero-order chi connectivity index (χ0) is 35.6. The maximum Gasteiger partial charge on any atom is 0.573 e. The fourth-order valence-electron chi connectivity index (χ4n) is 6.88. The van der Waals surface area contributed by atoms with Crippen molar-refractivity contribution >= 4 is 23.6 Å². The molecule has 4 amide bonds. The molecule has 6 bridgehead atoms. The predicted octanol–water partition coefficient (Wildman–Crippen LogP) is -0.228. The molecule has 0 aromatic heterocycles. The summed E-state index contributed by atoms with van der Waals surface area (Å²) < 4.78 is 53.4. The number of carbonyl (C=O) groups excluding carboxylic acids is 4. The zero-order valence-electron chi connectivity index (χ0n) is 26.8. The number of amides is 4. The summed E-state index contributed by atoms with van der Waals surface area (Å²) in [7, 11) is 0. The number of carbonyl (C=O) groups is 4. The molecule has 270 valence electrons. The van der Waals surface area contributed by atoms with E-state index in [9.17, 15) is 42.6 Å². The van der Waals surface area contributed by atoms with Crippen molar-refractivity contribution in [2.24, 2.45) is 0 Å². The second-order valence-electron chi connectivity index (χ2n) is 12.8. The van der Waals surface area contributed by atoms with Crippen LogP contribution in [0.1, 0.15) is 18.4 Å². The summed E-state index contributed by atoms with van der Waals surface area (Å²) >= 11 is 0. The van der Waals surface area contributed by atoms with Gasteiger partial charge in [-0.1, -0.05) is 30.3 Å². The molecule has 0 aliphatic carbocycles.